The fraction of sp³-hybridized carbons (Fsp3) is 0.120. The molecule has 1 heterocycles. The highest BCUT2D eigenvalue weighted by atomic mass is 35.5. The van der Waals surface area contributed by atoms with Gasteiger partial charge in [0.15, 0.2) is 0 Å². The predicted octanol–water partition coefficient (Wildman–Crippen LogP) is 6.85. The third kappa shape index (κ3) is 5.36. The topological polar surface area (TPSA) is 46.6 Å². The second-order valence-electron chi connectivity index (χ2n) is 7.13. The minimum absolute atomic E-state index is 0.249. The molecule has 0 N–H and O–H groups in total. The van der Waals surface area contributed by atoms with E-state index in [1.165, 1.54) is 4.90 Å². The Morgan fingerprint density at radius 3 is 2.47 bits per heavy atom. The van der Waals surface area contributed by atoms with Crippen LogP contribution in [0, 0.1) is 0 Å². The molecule has 1 fully saturated rings. The van der Waals surface area contributed by atoms with Crippen molar-refractivity contribution >= 4 is 52.2 Å². The number of carbonyl (C=O) groups excluding carboxylic acids is 2. The molecule has 7 heteroatoms. The van der Waals surface area contributed by atoms with Crippen LogP contribution in [0.15, 0.2) is 77.7 Å². The number of hydrogen-bond acceptors (Lipinski definition) is 4. The second-order valence-corrected chi connectivity index (χ2v) is 8.97. The smallest absolute Gasteiger partial charge is 0.293 e. The third-order valence-corrected chi connectivity index (χ3v) is 6.44. The lowest BCUT2D eigenvalue weighted by atomic mass is 10.1. The molecule has 0 bridgehead atoms. The van der Waals surface area contributed by atoms with Crippen molar-refractivity contribution in [3.8, 4) is 5.75 Å². The zero-order valence-corrected chi connectivity index (χ0v) is 19.3. The lowest BCUT2D eigenvalue weighted by Crippen LogP contribution is -2.30. The van der Waals surface area contributed by atoms with E-state index in [-0.39, 0.29) is 17.8 Å². The highest BCUT2D eigenvalue weighted by Gasteiger charge is 2.34. The standard InChI is InChI=1S/C25H19Cl2NO3S/c26-20-11-10-19(21(27)15-20)16-31-22-9-5-4-8-18(22)14-23-24(29)28(25(30)32-23)13-12-17-6-2-1-3-7-17/h1-11,14-15H,12-13,16H2/b23-14-. The Balaban J connectivity index is 1.47. The van der Waals surface area contributed by atoms with E-state index in [9.17, 15) is 9.59 Å². The molecule has 0 aliphatic carbocycles. The first kappa shape index (κ1) is 22.5. The summed E-state index contributed by atoms with van der Waals surface area (Å²) in [7, 11) is 0. The zero-order chi connectivity index (χ0) is 22.5. The zero-order valence-electron chi connectivity index (χ0n) is 17.0. The van der Waals surface area contributed by atoms with Crippen molar-refractivity contribution in [3.63, 3.8) is 0 Å². The number of imide groups is 1. The third-order valence-electron chi connectivity index (χ3n) is 4.94. The summed E-state index contributed by atoms with van der Waals surface area (Å²) in [5.41, 5.74) is 2.59. The van der Waals surface area contributed by atoms with Crippen LogP contribution >= 0.6 is 35.0 Å². The Morgan fingerprint density at radius 1 is 0.938 bits per heavy atom. The normalized spacial score (nSPS) is 14.9. The molecule has 4 nitrogen and oxygen atoms in total. The lowest BCUT2D eigenvalue weighted by Gasteiger charge is -2.12. The number of nitrogens with zero attached hydrogens (tertiary/aromatic N) is 1. The van der Waals surface area contributed by atoms with Gasteiger partial charge < -0.3 is 4.74 Å². The highest BCUT2D eigenvalue weighted by Crippen LogP contribution is 2.34. The molecule has 2 amide bonds. The summed E-state index contributed by atoms with van der Waals surface area (Å²) in [6.07, 6.45) is 2.32. The van der Waals surface area contributed by atoms with Crippen molar-refractivity contribution in [3.05, 3.63) is 104 Å². The molecule has 0 aromatic heterocycles. The average Bonchev–Trinajstić information content (AvgIpc) is 3.05. The van der Waals surface area contributed by atoms with Gasteiger partial charge in [-0.15, -0.1) is 0 Å². The van der Waals surface area contributed by atoms with Crippen LogP contribution in [-0.4, -0.2) is 22.6 Å². The van der Waals surface area contributed by atoms with Crippen molar-refractivity contribution < 1.29 is 14.3 Å². The molecular formula is C25H19Cl2NO3S. The van der Waals surface area contributed by atoms with E-state index in [4.69, 9.17) is 27.9 Å². The molecule has 1 saturated heterocycles. The first-order chi connectivity index (χ1) is 15.5. The fourth-order valence-electron chi connectivity index (χ4n) is 3.25. The summed E-state index contributed by atoms with van der Waals surface area (Å²) in [6, 6.07) is 22.4. The number of thioether (sulfide) groups is 1. The molecule has 3 aromatic rings. The number of halogens is 2. The summed E-state index contributed by atoms with van der Waals surface area (Å²) in [5.74, 6) is 0.307. The summed E-state index contributed by atoms with van der Waals surface area (Å²) < 4.78 is 5.96. The Bertz CT molecular complexity index is 1180. The molecular weight excluding hydrogens is 465 g/mol. The van der Waals surface area contributed by atoms with Crippen LogP contribution in [0.2, 0.25) is 10.0 Å². The van der Waals surface area contributed by atoms with Gasteiger partial charge in [0, 0.05) is 27.7 Å². The summed E-state index contributed by atoms with van der Waals surface area (Å²) in [5, 5.41) is 0.820. The highest BCUT2D eigenvalue weighted by molar-refractivity contribution is 8.18. The van der Waals surface area contributed by atoms with Crippen LogP contribution < -0.4 is 4.74 Å². The lowest BCUT2D eigenvalue weighted by molar-refractivity contribution is -0.122. The van der Waals surface area contributed by atoms with Crippen molar-refractivity contribution in [2.45, 2.75) is 13.0 Å². The predicted molar refractivity (Wildman–Crippen MR) is 130 cm³/mol. The number of carbonyl (C=O) groups is 2. The van der Waals surface area contributed by atoms with Gasteiger partial charge in [0.25, 0.3) is 11.1 Å². The minimum atomic E-state index is -0.286. The van der Waals surface area contributed by atoms with E-state index < -0.39 is 0 Å². The van der Waals surface area contributed by atoms with Crippen molar-refractivity contribution in [2.24, 2.45) is 0 Å². The van der Waals surface area contributed by atoms with Gasteiger partial charge in [-0.05, 0) is 48.0 Å². The summed E-state index contributed by atoms with van der Waals surface area (Å²) in [6.45, 7) is 0.596. The Morgan fingerprint density at radius 2 is 1.69 bits per heavy atom. The molecule has 0 unspecified atom stereocenters. The van der Waals surface area contributed by atoms with Gasteiger partial charge in [0.1, 0.15) is 12.4 Å². The summed E-state index contributed by atoms with van der Waals surface area (Å²) >= 11 is 13.1. The van der Waals surface area contributed by atoms with Crippen LogP contribution in [0.5, 0.6) is 5.75 Å². The Hall–Kier alpha value is -2.73. The average molecular weight is 484 g/mol. The van der Waals surface area contributed by atoms with Crippen LogP contribution in [0.3, 0.4) is 0 Å². The number of para-hydroxylation sites is 1. The molecule has 0 spiro atoms. The van der Waals surface area contributed by atoms with E-state index in [0.717, 1.165) is 22.9 Å². The van der Waals surface area contributed by atoms with Gasteiger partial charge in [-0.3, -0.25) is 14.5 Å². The van der Waals surface area contributed by atoms with E-state index in [1.54, 1.807) is 18.2 Å². The first-order valence-electron chi connectivity index (χ1n) is 9.96. The second kappa shape index (κ2) is 10.3. The van der Waals surface area contributed by atoms with Gasteiger partial charge in [-0.25, -0.2) is 0 Å². The fourth-order valence-corrected chi connectivity index (χ4v) is 4.56. The van der Waals surface area contributed by atoms with E-state index in [1.807, 2.05) is 60.7 Å². The molecule has 1 aliphatic heterocycles. The van der Waals surface area contributed by atoms with Gasteiger partial charge in [-0.2, -0.15) is 0 Å². The number of amides is 2. The molecule has 4 rings (SSSR count). The molecule has 0 saturated carbocycles. The Kier molecular flexibility index (Phi) is 7.20. The number of rotatable bonds is 7. The number of benzene rings is 3. The van der Waals surface area contributed by atoms with E-state index >= 15 is 0 Å². The van der Waals surface area contributed by atoms with Crippen LogP contribution in [0.25, 0.3) is 6.08 Å². The maximum absolute atomic E-state index is 12.9. The largest absolute Gasteiger partial charge is 0.488 e. The maximum Gasteiger partial charge on any atom is 0.293 e. The number of hydrogen-bond donors (Lipinski definition) is 0. The molecule has 0 radical (unpaired) electrons. The monoisotopic (exact) mass is 483 g/mol. The SMILES string of the molecule is O=C1S/C(=C\c2ccccc2OCc2ccc(Cl)cc2Cl)C(=O)N1CCc1ccccc1. The molecule has 162 valence electrons. The molecule has 0 atom stereocenters. The van der Waals surface area contributed by atoms with Crippen LogP contribution in [0.1, 0.15) is 16.7 Å². The van der Waals surface area contributed by atoms with E-state index in [2.05, 4.69) is 0 Å². The maximum atomic E-state index is 12.9. The minimum Gasteiger partial charge on any atom is -0.488 e. The van der Waals surface area contributed by atoms with Gasteiger partial charge >= 0.3 is 0 Å². The van der Waals surface area contributed by atoms with Crippen LogP contribution in [-0.2, 0) is 17.8 Å². The van der Waals surface area contributed by atoms with Crippen molar-refractivity contribution in [1.82, 2.24) is 4.90 Å². The van der Waals surface area contributed by atoms with Gasteiger partial charge in [0.05, 0.1) is 4.91 Å². The molecule has 1 aliphatic rings. The Labute approximate surface area is 200 Å². The number of ether oxygens (including phenoxy) is 1. The molecule has 32 heavy (non-hydrogen) atoms. The van der Waals surface area contributed by atoms with Gasteiger partial charge in [0.2, 0.25) is 0 Å². The van der Waals surface area contributed by atoms with E-state index in [0.29, 0.717) is 39.2 Å². The molecule has 3 aromatic carbocycles. The first-order valence-corrected chi connectivity index (χ1v) is 11.5. The van der Waals surface area contributed by atoms with Crippen molar-refractivity contribution in [1.29, 1.82) is 0 Å². The van der Waals surface area contributed by atoms with Crippen molar-refractivity contribution in [2.75, 3.05) is 6.54 Å². The van der Waals surface area contributed by atoms with Gasteiger partial charge in [-0.1, -0.05) is 77.8 Å². The van der Waals surface area contributed by atoms with Crippen LogP contribution in [0.4, 0.5) is 4.79 Å². The summed E-state index contributed by atoms with van der Waals surface area (Å²) in [4.78, 5) is 27.0. The quantitative estimate of drug-likeness (QED) is 0.344.